The molecule has 0 saturated heterocycles. The monoisotopic (exact) mass is 362 g/mol. The highest BCUT2D eigenvalue weighted by molar-refractivity contribution is 9.10. The molecule has 0 saturated carbocycles. The molecule has 0 spiro atoms. The summed E-state index contributed by atoms with van der Waals surface area (Å²) >= 11 is 9.31. The molecular formula is C14H20BrClN2O2. The number of anilines is 1. The standard InChI is InChI=1S/C14H20BrClN2O2/c1-13(2,20-4)8-14(3,12(17)19)18-9-5-6-11(16)10(15)7-9/h5-7,18H,8H2,1-4H3,(H2,17,19). The van der Waals surface area contributed by atoms with E-state index < -0.39 is 17.0 Å². The van der Waals surface area contributed by atoms with Gasteiger partial charge < -0.3 is 15.8 Å². The highest BCUT2D eigenvalue weighted by atomic mass is 79.9. The van der Waals surface area contributed by atoms with Crippen molar-refractivity contribution in [2.75, 3.05) is 12.4 Å². The number of primary amides is 1. The quantitative estimate of drug-likeness (QED) is 0.812. The number of carbonyl (C=O) groups is 1. The van der Waals surface area contributed by atoms with Crippen molar-refractivity contribution < 1.29 is 9.53 Å². The summed E-state index contributed by atoms with van der Waals surface area (Å²) in [5.41, 5.74) is 4.92. The van der Waals surface area contributed by atoms with Crippen LogP contribution in [0.3, 0.4) is 0 Å². The van der Waals surface area contributed by atoms with Gasteiger partial charge in [-0.25, -0.2) is 0 Å². The van der Waals surface area contributed by atoms with Crippen LogP contribution in [0, 0.1) is 0 Å². The van der Waals surface area contributed by atoms with Crippen molar-refractivity contribution >= 4 is 39.1 Å². The maximum atomic E-state index is 11.8. The minimum Gasteiger partial charge on any atom is -0.379 e. The van der Waals surface area contributed by atoms with E-state index in [1.54, 1.807) is 26.2 Å². The zero-order chi connectivity index (χ0) is 15.6. The first-order valence-electron chi connectivity index (χ1n) is 6.18. The number of carbonyl (C=O) groups excluding carboxylic acids is 1. The van der Waals surface area contributed by atoms with Gasteiger partial charge in [0.15, 0.2) is 0 Å². The third kappa shape index (κ3) is 4.36. The molecule has 0 aliphatic carbocycles. The lowest BCUT2D eigenvalue weighted by Gasteiger charge is -2.35. The van der Waals surface area contributed by atoms with Crippen molar-refractivity contribution in [3.8, 4) is 0 Å². The smallest absolute Gasteiger partial charge is 0.242 e. The molecule has 0 aliphatic heterocycles. The van der Waals surface area contributed by atoms with Crippen molar-refractivity contribution in [1.82, 2.24) is 0 Å². The molecule has 3 N–H and O–H groups in total. The number of ether oxygens (including phenoxy) is 1. The number of methoxy groups -OCH3 is 1. The van der Waals surface area contributed by atoms with Crippen LogP contribution < -0.4 is 11.1 Å². The van der Waals surface area contributed by atoms with Gasteiger partial charge in [0.25, 0.3) is 0 Å². The summed E-state index contributed by atoms with van der Waals surface area (Å²) in [6, 6.07) is 5.36. The van der Waals surface area contributed by atoms with E-state index in [0.29, 0.717) is 11.4 Å². The van der Waals surface area contributed by atoms with Crippen LogP contribution in [0.5, 0.6) is 0 Å². The van der Waals surface area contributed by atoms with Gasteiger partial charge in [0.2, 0.25) is 5.91 Å². The van der Waals surface area contributed by atoms with Gasteiger partial charge in [-0.2, -0.15) is 0 Å². The second kappa shape index (κ2) is 6.33. The lowest BCUT2D eigenvalue weighted by molar-refractivity contribution is -0.124. The Hall–Kier alpha value is -0.780. The number of rotatable bonds is 6. The molecule has 20 heavy (non-hydrogen) atoms. The third-order valence-electron chi connectivity index (χ3n) is 3.22. The summed E-state index contributed by atoms with van der Waals surface area (Å²) in [6.07, 6.45) is 0.437. The highest BCUT2D eigenvalue weighted by Gasteiger charge is 2.37. The molecule has 0 radical (unpaired) electrons. The first kappa shape index (κ1) is 17.3. The Morgan fingerprint density at radius 3 is 2.50 bits per heavy atom. The summed E-state index contributed by atoms with van der Waals surface area (Å²) in [4.78, 5) is 11.8. The van der Waals surface area contributed by atoms with Crippen LogP contribution in [-0.2, 0) is 9.53 Å². The van der Waals surface area contributed by atoms with Crippen molar-refractivity contribution in [2.24, 2.45) is 5.73 Å². The second-order valence-electron chi connectivity index (χ2n) is 5.59. The fourth-order valence-electron chi connectivity index (χ4n) is 2.01. The largest absolute Gasteiger partial charge is 0.379 e. The lowest BCUT2D eigenvalue weighted by Crippen LogP contribution is -2.52. The Bertz CT molecular complexity index is 508. The fourth-order valence-corrected chi connectivity index (χ4v) is 2.51. The number of hydrogen-bond acceptors (Lipinski definition) is 3. The maximum Gasteiger partial charge on any atom is 0.242 e. The minimum absolute atomic E-state index is 0.436. The number of nitrogens with two attached hydrogens (primary N) is 1. The van der Waals surface area contributed by atoms with Gasteiger partial charge in [0, 0.05) is 23.7 Å². The molecule has 4 nitrogen and oxygen atoms in total. The zero-order valence-electron chi connectivity index (χ0n) is 12.1. The van der Waals surface area contributed by atoms with E-state index in [1.165, 1.54) is 0 Å². The Balaban J connectivity index is 3.02. The predicted octanol–water partition coefficient (Wildman–Crippen LogP) is 3.57. The maximum absolute atomic E-state index is 11.8. The summed E-state index contributed by atoms with van der Waals surface area (Å²) < 4.78 is 6.14. The van der Waals surface area contributed by atoms with Crippen LogP contribution in [0.4, 0.5) is 5.69 Å². The van der Waals surface area contributed by atoms with Gasteiger partial charge in [0.05, 0.1) is 10.6 Å². The third-order valence-corrected chi connectivity index (χ3v) is 4.43. The number of benzene rings is 1. The molecular weight excluding hydrogens is 344 g/mol. The summed E-state index contributed by atoms with van der Waals surface area (Å²) in [5.74, 6) is -0.436. The van der Waals surface area contributed by atoms with Crippen LogP contribution in [-0.4, -0.2) is 24.2 Å². The van der Waals surface area contributed by atoms with Crippen molar-refractivity contribution in [3.05, 3.63) is 27.7 Å². The van der Waals surface area contributed by atoms with E-state index in [2.05, 4.69) is 21.2 Å². The molecule has 0 aromatic heterocycles. The molecule has 1 aromatic carbocycles. The fraction of sp³-hybridized carbons (Fsp3) is 0.500. The van der Waals surface area contributed by atoms with Gasteiger partial charge in [-0.3, -0.25) is 4.79 Å². The van der Waals surface area contributed by atoms with Gasteiger partial charge in [-0.05, 0) is 54.9 Å². The van der Waals surface area contributed by atoms with E-state index in [0.717, 1.165) is 10.2 Å². The molecule has 0 aliphatic rings. The van der Waals surface area contributed by atoms with Crippen LogP contribution in [0.25, 0.3) is 0 Å². The van der Waals surface area contributed by atoms with Crippen molar-refractivity contribution in [3.63, 3.8) is 0 Å². The van der Waals surface area contributed by atoms with Crippen molar-refractivity contribution in [2.45, 2.75) is 38.3 Å². The first-order chi connectivity index (χ1) is 9.09. The van der Waals surface area contributed by atoms with E-state index in [9.17, 15) is 4.79 Å². The van der Waals surface area contributed by atoms with Gasteiger partial charge in [0.1, 0.15) is 5.54 Å². The number of amides is 1. The SMILES string of the molecule is COC(C)(C)CC(C)(Nc1ccc(Cl)c(Br)c1)C(N)=O. The molecule has 1 rings (SSSR count). The number of halogens is 2. The molecule has 0 fully saturated rings. The van der Waals surface area contributed by atoms with Gasteiger partial charge in [-0.1, -0.05) is 11.6 Å². The molecule has 1 atom stereocenters. The highest BCUT2D eigenvalue weighted by Crippen LogP contribution is 2.30. The summed E-state index contributed by atoms with van der Waals surface area (Å²) in [6.45, 7) is 5.58. The molecule has 1 amide bonds. The van der Waals surface area contributed by atoms with Crippen molar-refractivity contribution in [1.29, 1.82) is 0 Å². The Labute approximate surface area is 133 Å². The lowest BCUT2D eigenvalue weighted by atomic mass is 9.86. The van der Waals surface area contributed by atoms with Crippen LogP contribution in [0.15, 0.2) is 22.7 Å². The molecule has 0 bridgehead atoms. The predicted molar refractivity (Wildman–Crippen MR) is 86.1 cm³/mol. The Morgan fingerprint density at radius 2 is 2.05 bits per heavy atom. The van der Waals surface area contributed by atoms with Crippen LogP contribution >= 0.6 is 27.5 Å². The average molecular weight is 364 g/mol. The van der Waals surface area contributed by atoms with E-state index >= 15 is 0 Å². The number of hydrogen-bond donors (Lipinski definition) is 2. The summed E-state index contributed by atoms with van der Waals surface area (Å²) in [7, 11) is 1.61. The normalized spacial score (nSPS) is 14.7. The van der Waals surface area contributed by atoms with Crippen LogP contribution in [0.2, 0.25) is 5.02 Å². The molecule has 6 heteroatoms. The molecule has 1 aromatic rings. The topological polar surface area (TPSA) is 64.3 Å². The number of nitrogens with one attached hydrogen (secondary N) is 1. The second-order valence-corrected chi connectivity index (χ2v) is 6.85. The van der Waals surface area contributed by atoms with Crippen LogP contribution in [0.1, 0.15) is 27.2 Å². The van der Waals surface area contributed by atoms with Gasteiger partial charge >= 0.3 is 0 Å². The molecule has 1 unspecified atom stereocenters. The zero-order valence-corrected chi connectivity index (χ0v) is 14.4. The first-order valence-corrected chi connectivity index (χ1v) is 7.35. The van der Waals surface area contributed by atoms with Gasteiger partial charge in [-0.15, -0.1) is 0 Å². The Morgan fingerprint density at radius 1 is 1.45 bits per heavy atom. The van der Waals surface area contributed by atoms with E-state index in [4.69, 9.17) is 22.1 Å². The average Bonchev–Trinajstić information content (AvgIpc) is 2.33. The Kier molecular flexibility index (Phi) is 5.46. The van der Waals surface area contributed by atoms with E-state index in [-0.39, 0.29) is 0 Å². The van der Waals surface area contributed by atoms with E-state index in [1.807, 2.05) is 19.9 Å². The molecule has 112 valence electrons. The summed E-state index contributed by atoms with van der Waals surface area (Å²) in [5, 5.41) is 3.78. The minimum atomic E-state index is -0.924. The molecule has 0 heterocycles.